The molecule has 4 atom stereocenters. The number of alkyl halides is 6. The number of carbonyl (C=O) groups excluding carboxylic acids is 2. The van der Waals surface area contributed by atoms with E-state index in [4.69, 9.17) is 4.65 Å². The zero-order chi connectivity index (χ0) is 33.6. The Morgan fingerprint density at radius 1 is 1.00 bits per heavy atom. The van der Waals surface area contributed by atoms with Crippen LogP contribution in [0.2, 0.25) is 6.32 Å². The van der Waals surface area contributed by atoms with Gasteiger partial charge < -0.3 is 14.8 Å². The van der Waals surface area contributed by atoms with E-state index in [1.807, 2.05) is 19.9 Å². The molecule has 2 heterocycles. The topological polar surface area (TPSA) is 87.1 Å². The van der Waals surface area contributed by atoms with Crippen molar-refractivity contribution in [1.82, 2.24) is 0 Å². The van der Waals surface area contributed by atoms with Gasteiger partial charge in [-0.3, -0.25) is 9.59 Å². The lowest BCUT2D eigenvalue weighted by Crippen LogP contribution is -2.46. The van der Waals surface area contributed by atoms with Crippen LogP contribution in [0.5, 0.6) is 5.75 Å². The molecule has 2 aromatic carbocycles. The lowest BCUT2D eigenvalue weighted by Gasteiger charge is -2.43. The fourth-order valence-corrected chi connectivity index (χ4v) is 7.12. The van der Waals surface area contributed by atoms with Crippen LogP contribution < -0.4 is 4.90 Å². The van der Waals surface area contributed by atoms with Crippen molar-refractivity contribution in [2.45, 2.75) is 77.1 Å². The van der Waals surface area contributed by atoms with Crippen LogP contribution in [0.15, 0.2) is 59.2 Å². The predicted octanol–water partition coefficient (Wildman–Crippen LogP) is 7.81. The number of nitrogens with zero attached hydrogens (tertiary/aromatic N) is 1. The van der Waals surface area contributed by atoms with Crippen molar-refractivity contribution in [1.29, 1.82) is 0 Å². The summed E-state index contributed by atoms with van der Waals surface area (Å²) in [6.45, 7) is 3.90. The summed E-state index contributed by atoms with van der Waals surface area (Å²) < 4.78 is 87.8. The third kappa shape index (κ3) is 6.62. The maximum Gasteiger partial charge on any atom is 0.455 e. The number of phenolic OH excluding ortho intramolecular Hbond substituents is 1. The lowest BCUT2D eigenvalue weighted by molar-refractivity contribution is -0.143. The van der Waals surface area contributed by atoms with Gasteiger partial charge in [-0.1, -0.05) is 55.7 Å². The average molecular weight is 649 g/mol. The summed E-state index contributed by atoms with van der Waals surface area (Å²) >= 11 is 0. The summed E-state index contributed by atoms with van der Waals surface area (Å²) in [5.41, 5.74) is -0.753. The van der Waals surface area contributed by atoms with Crippen LogP contribution in [-0.2, 0) is 26.6 Å². The van der Waals surface area contributed by atoms with Gasteiger partial charge in [-0.2, -0.15) is 26.3 Å². The van der Waals surface area contributed by atoms with Gasteiger partial charge in [0.1, 0.15) is 5.75 Å². The molecule has 2 N–H and O–H groups in total. The highest BCUT2D eigenvalue weighted by molar-refractivity contribution is 6.43. The summed E-state index contributed by atoms with van der Waals surface area (Å²) in [5.74, 6) is -4.37. The van der Waals surface area contributed by atoms with E-state index in [0.717, 1.165) is 16.7 Å². The Bertz CT molecular complexity index is 1540. The van der Waals surface area contributed by atoms with Crippen molar-refractivity contribution in [2.75, 3.05) is 4.90 Å². The van der Waals surface area contributed by atoms with Gasteiger partial charge in [-0.15, -0.1) is 0 Å². The Kier molecular flexibility index (Phi) is 9.48. The molecule has 0 aromatic heterocycles. The first-order valence-corrected chi connectivity index (χ1v) is 15.3. The number of amides is 2. The van der Waals surface area contributed by atoms with Crippen molar-refractivity contribution in [2.24, 2.45) is 17.8 Å². The van der Waals surface area contributed by atoms with Gasteiger partial charge in [0.25, 0.3) is 0 Å². The van der Waals surface area contributed by atoms with E-state index < -0.39 is 72.0 Å². The highest BCUT2D eigenvalue weighted by Gasteiger charge is 2.58. The van der Waals surface area contributed by atoms with Gasteiger partial charge in [0, 0.05) is 5.56 Å². The number of imide groups is 1. The number of halogens is 6. The molecule has 2 aromatic rings. The van der Waals surface area contributed by atoms with Crippen molar-refractivity contribution in [3.8, 4) is 5.75 Å². The van der Waals surface area contributed by atoms with Crippen LogP contribution in [0.25, 0.3) is 6.08 Å². The quantitative estimate of drug-likeness (QED) is 0.132. The van der Waals surface area contributed by atoms with Crippen LogP contribution in [0.1, 0.15) is 69.1 Å². The lowest BCUT2D eigenvalue weighted by atomic mass is 9.58. The van der Waals surface area contributed by atoms with Crippen molar-refractivity contribution in [3.63, 3.8) is 0 Å². The van der Waals surface area contributed by atoms with Crippen LogP contribution in [0.4, 0.5) is 32.0 Å². The van der Waals surface area contributed by atoms with Crippen molar-refractivity contribution < 1.29 is 50.7 Å². The smallest absolute Gasteiger partial charge is 0.455 e. The first-order chi connectivity index (χ1) is 21.6. The summed E-state index contributed by atoms with van der Waals surface area (Å²) in [4.78, 5) is 28.1. The minimum Gasteiger partial charge on any atom is -0.507 e. The third-order valence-electron chi connectivity index (χ3n) is 9.17. The molecule has 0 radical (unpaired) electrons. The first-order valence-electron chi connectivity index (χ1n) is 15.3. The zero-order valence-corrected chi connectivity index (χ0v) is 25.3. The molecule has 2 aliphatic heterocycles. The number of benzene rings is 2. The summed E-state index contributed by atoms with van der Waals surface area (Å²) in [6.07, 6.45) is -6.16. The molecule has 0 unspecified atom stereocenters. The first kappa shape index (κ1) is 33.8. The summed E-state index contributed by atoms with van der Waals surface area (Å²) in [6, 6.07) is 7.63. The van der Waals surface area contributed by atoms with E-state index in [9.17, 15) is 46.1 Å². The molecule has 2 amide bonds. The highest BCUT2D eigenvalue weighted by atomic mass is 19.4. The minimum atomic E-state index is -5.15. The van der Waals surface area contributed by atoms with Crippen molar-refractivity contribution in [3.05, 3.63) is 75.9 Å². The van der Waals surface area contributed by atoms with Crippen LogP contribution in [0.3, 0.4) is 0 Å². The maximum atomic E-state index is 13.9. The van der Waals surface area contributed by atoms with E-state index in [0.29, 0.717) is 54.7 Å². The number of hydrogen-bond donors (Lipinski definition) is 2. The van der Waals surface area contributed by atoms with Crippen molar-refractivity contribution >= 4 is 30.7 Å². The number of allylic oxidation sites excluding steroid dienone is 2. The summed E-state index contributed by atoms with van der Waals surface area (Å²) in [5, 5.41) is 21.0. The number of aromatic hydroxyl groups is 1. The van der Waals surface area contributed by atoms with Crippen LogP contribution in [0, 0.1) is 17.8 Å². The SMILES string of the molecule is CCCC1=C2[C@@H](CC/C(=C/c3ccccc3O)CC)OB(O)C[C@@H]2[C@@H]2C(=O)N(c3cc(C(F)(F)F)cc(C(F)(F)F)c3)C(=O)[C@@H]2C1. The molecule has 5 rings (SSSR count). The number of phenols is 1. The molecule has 46 heavy (non-hydrogen) atoms. The van der Waals surface area contributed by atoms with Gasteiger partial charge in [0.05, 0.1) is 34.8 Å². The van der Waals surface area contributed by atoms with Crippen LogP contribution >= 0.6 is 0 Å². The maximum absolute atomic E-state index is 13.9. The standard InChI is InChI=1S/C33H34BF6NO5/c1-3-7-20-13-24-29(31(44)41(30(24)43)23-15-21(32(35,36)37)14-22(16-23)33(38,39)40)25-17-34(45)46-27(28(20)25)11-10-18(4-2)12-19-8-5-6-9-26(19)42/h5-6,8-9,12,14-16,24-25,27,29,42,45H,3-4,7,10-11,13,17H2,1-2H3/b18-12+/t24-,25+,27-,29-/m1/s1. The Morgan fingerprint density at radius 3 is 2.24 bits per heavy atom. The molecule has 2 saturated heterocycles. The average Bonchev–Trinajstić information content (AvgIpc) is 3.23. The Morgan fingerprint density at radius 2 is 1.65 bits per heavy atom. The van der Waals surface area contributed by atoms with Gasteiger partial charge in [-0.25, -0.2) is 4.90 Å². The van der Waals surface area contributed by atoms with E-state index in [-0.39, 0.29) is 24.6 Å². The second-order valence-electron chi connectivity index (χ2n) is 12.1. The highest BCUT2D eigenvalue weighted by Crippen LogP contribution is 2.52. The molecule has 0 bridgehead atoms. The molecule has 1 aliphatic carbocycles. The Labute approximate surface area is 262 Å². The molecule has 0 spiro atoms. The minimum absolute atomic E-state index is 0.0435. The fourth-order valence-electron chi connectivity index (χ4n) is 7.12. The number of rotatable bonds is 8. The predicted molar refractivity (Wildman–Crippen MR) is 159 cm³/mol. The summed E-state index contributed by atoms with van der Waals surface area (Å²) in [7, 11) is -1.30. The molecule has 6 nitrogen and oxygen atoms in total. The van der Waals surface area contributed by atoms with E-state index in [2.05, 4.69) is 0 Å². The Hall–Kier alpha value is -3.58. The number of anilines is 1. The molecular formula is C33H34BF6NO5. The molecule has 3 aliphatic rings. The second kappa shape index (κ2) is 12.9. The zero-order valence-electron chi connectivity index (χ0n) is 25.3. The fraction of sp³-hybridized carbons (Fsp3) is 0.455. The molecule has 2 fully saturated rings. The van der Waals surface area contributed by atoms with E-state index >= 15 is 0 Å². The van der Waals surface area contributed by atoms with Gasteiger partial charge in [0.15, 0.2) is 0 Å². The second-order valence-corrected chi connectivity index (χ2v) is 12.1. The van der Waals surface area contributed by atoms with Gasteiger partial charge in [0.2, 0.25) is 11.8 Å². The number of hydrogen-bond acceptors (Lipinski definition) is 5. The van der Waals surface area contributed by atoms with Gasteiger partial charge >= 0.3 is 19.5 Å². The van der Waals surface area contributed by atoms with E-state index in [1.165, 1.54) is 0 Å². The third-order valence-corrected chi connectivity index (χ3v) is 9.17. The van der Waals surface area contributed by atoms with Crippen LogP contribution in [-0.4, -0.2) is 35.2 Å². The number of para-hydroxylation sites is 1. The number of carbonyl (C=O) groups is 2. The normalized spacial score (nSPS) is 24.1. The molecule has 0 saturated carbocycles. The van der Waals surface area contributed by atoms with Gasteiger partial charge in [-0.05, 0) is 74.2 Å². The monoisotopic (exact) mass is 649 g/mol. The molecule has 246 valence electrons. The number of fused-ring (bicyclic) bond motifs is 3. The van der Waals surface area contributed by atoms with E-state index in [1.54, 1.807) is 24.3 Å². The Balaban J connectivity index is 1.49. The largest absolute Gasteiger partial charge is 0.507 e. The molecule has 13 heteroatoms. The molecular weight excluding hydrogens is 615 g/mol.